The van der Waals surface area contributed by atoms with Crippen LogP contribution in [0.25, 0.3) is 0 Å². The summed E-state index contributed by atoms with van der Waals surface area (Å²) in [4.78, 5) is 22.2. The SMILES string of the molecule is Cc1nc(Nc2ccccc2)cc(N2CCC[C@H](C(=O)O)C2)n1. The molecule has 6 nitrogen and oxygen atoms in total. The molecular formula is C17H20N4O2. The molecule has 0 spiro atoms. The number of piperidine rings is 1. The van der Waals surface area contributed by atoms with Crippen molar-refractivity contribution in [3.05, 3.63) is 42.2 Å². The predicted molar refractivity (Wildman–Crippen MR) is 89.1 cm³/mol. The van der Waals surface area contributed by atoms with Crippen LogP contribution >= 0.6 is 0 Å². The number of carboxylic acids is 1. The van der Waals surface area contributed by atoms with Gasteiger partial charge in [-0.1, -0.05) is 18.2 Å². The standard InChI is InChI=1S/C17H20N4O2/c1-12-18-15(20-14-7-3-2-4-8-14)10-16(19-12)21-9-5-6-13(11-21)17(22)23/h2-4,7-8,10,13H,5-6,9,11H2,1H3,(H,22,23)(H,18,19,20)/t13-/m0/s1. The van der Waals surface area contributed by atoms with E-state index < -0.39 is 5.97 Å². The second-order valence-electron chi connectivity index (χ2n) is 5.77. The maximum absolute atomic E-state index is 11.2. The highest BCUT2D eigenvalue weighted by molar-refractivity contribution is 5.71. The Labute approximate surface area is 135 Å². The molecule has 2 heterocycles. The van der Waals surface area contributed by atoms with Gasteiger partial charge in [-0.05, 0) is 31.9 Å². The first-order chi connectivity index (χ1) is 11.1. The molecule has 2 N–H and O–H groups in total. The molecule has 1 aliphatic heterocycles. The summed E-state index contributed by atoms with van der Waals surface area (Å²) < 4.78 is 0. The smallest absolute Gasteiger partial charge is 0.308 e. The highest BCUT2D eigenvalue weighted by Crippen LogP contribution is 2.24. The van der Waals surface area contributed by atoms with Crippen molar-refractivity contribution >= 4 is 23.3 Å². The zero-order chi connectivity index (χ0) is 16.2. The topological polar surface area (TPSA) is 78.4 Å². The number of hydrogen-bond acceptors (Lipinski definition) is 5. The third-order valence-electron chi connectivity index (χ3n) is 3.97. The Hall–Kier alpha value is -2.63. The molecule has 0 amide bonds. The molecule has 1 fully saturated rings. The lowest BCUT2D eigenvalue weighted by molar-refractivity contribution is -0.141. The average Bonchev–Trinajstić information content (AvgIpc) is 2.55. The first-order valence-corrected chi connectivity index (χ1v) is 7.77. The van der Waals surface area contributed by atoms with Gasteiger partial charge in [0.2, 0.25) is 0 Å². The van der Waals surface area contributed by atoms with Crippen LogP contribution in [0.3, 0.4) is 0 Å². The van der Waals surface area contributed by atoms with E-state index in [0.29, 0.717) is 12.4 Å². The van der Waals surface area contributed by atoms with E-state index >= 15 is 0 Å². The van der Waals surface area contributed by atoms with E-state index in [2.05, 4.69) is 15.3 Å². The fourth-order valence-corrected chi connectivity index (χ4v) is 2.83. The quantitative estimate of drug-likeness (QED) is 0.904. The third-order valence-corrected chi connectivity index (χ3v) is 3.97. The second-order valence-corrected chi connectivity index (χ2v) is 5.77. The summed E-state index contributed by atoms with van der Waals surface area (Å²) in [6, 6.07) is 11.7. The van der Waals surface area contributed by atoms with Crippen LogP contribution in [0.1, 0.15) is 18.7 Å². The zero-order valence-corrected chi connectivity index (χ0v) is 13.1. The molecule has 120 valence electrons. The number of hydrogen-bond donors (Lipinski definition) is 2. The number of aliphatic carboxylic acids is 1. The maximum Gasteiger partial charge on any atom is 0.308 e. The van der Waals surface area contributed by atoms with E-state index in [4.69, 9.17) is 0 Å². The maximum atomic E-state index is 11.2. The molecule has 0 unspecified atom stereocenters. The van der Waals surface area contributed by atoms with Crippen molar-refractivity contribution in [2.24, 2.45) is 5.92 Å². The van der Waals surface area contributed by atoms with Crippen molar-refractivity contribution in [1.82, 2.24) is 9.97 Å². The highest BCUT2D eigenvalue weighted by atomic mass is 16.4. The minimum atomic E-state index is -0.733. The number of carbonyl (C=O) groups is 1. The Kier molecular flexibility index (Phi) is 4.41. The third kappa shape index (κ3) is 3.77. The van der Waals surface area contributed by atoms with Crippen LogP contribution in [0.4, 0.5) is 17.3 Å². The van der Waals surface area contributed by atoms with E-state index in [0.717, 1.165) is 36.7 Å². The van der Waals surface area contributed by atoms with Crippen LogP contribution in [-0.4, -0.2) is 34.1 Å². The Morgan fingerprint density at radius 2 is 2.09 bits per heavy atom. The zero-order valence-electron chi connectivity index (χ0n) is 13.1. The van der Waals surface area contributed by atoms with Crippen molar-refractivity contribution in [3.63, 3.8) is 0 Å². The Bertz CT molecular complexity index is 690. The van der Waals surface area contributed by atoms with Gasteiger partial charge in [-0.2, -0.15) is 0 Å². The van der Waals surface area contributed by atoms with Gasteiger partial charge in [0.25, 0.3) is 0 Å². The molecule has 0 bridgehead atoms. The minimum absolute atomic E-state index is 0.329. The molecule has 1 aliphatic rings. The van der Waals surface area contributed by atoms with Crippen molar-refractivity contribution in [2.45, 2.75) is 19.8 Å². The van der Waals surface area contributed by atoms with Gasteiger partial charge in [-0.25, -0.2) is 9.97 Å². The lowest BCUT2D eigenvalue weighted by Gasteiger charge is -2.31. The van der Waals surface area contributed by atoms with Crippen LogP contribution in [0.2, 0.25) is 0 Å². The average molecular weight is 312 g/mol. The molecule has 0 aliphatic carbocycles. The van der Waals surface area contributed by atoms with E-state index in [1.165, 1.54) is 0 Å². The van der Waals surface area contributed by atoms with Crippen LogP contribution in [0.15, 0.2) is 36.4 Å². The molecule has 1 aromatic carbocycles. The summed E-state index contributed by atoms with van der Waals surface area (Å²) in [5, 5.41) is 12.5. The fraction of sp³-hybridized carbons (Fsp3) is 0.353. The first-order valence-electron chi connectivity index (χ1n) is 7.77. The monoisotopic (exact) mass is 312 g/mol. The summed E-state index contributed by atoms with van der Waals surface area (Å²) in [7, 11) is 0. The molecule has 1 atom stereocenters. The van der Waals surface area contributed by atoms with Crippen LogP contribution in [0, 0.1) is 12.8 Å². The summed E-state index contributed by atoms with van der Waals surface area (Å²) in [5.74, 6) is 1.10. The number of nitrogens with one attached hydrogen (secondary N) is 1. The van der Waals surface area contributed by atoms with E-state index in [1.54, 1.807) is 0 Å². The lowest BCUT2D eigenvalue weighted by Crippen LogP contribution is -2.39. The number of rotatable bonds is 4. The van der Waals surface area contributed by atoms with Crippen LogP contribution in [-0.2, 0) is 4.79 Å². The second kappa shape index (κ2) is 6.64. The van der Waals surface area contributed by atoms with Crippen molar-refractivity contribution in [2.75, 3.05) is 23.3 Å². The van der Waals surface area contributed by atoms with E-state index in [1.807, 2.05) is 48.2 Å². The molecule has 1 saturated heterocycles. The van der Waals surface area contributed by atoms with Gasteiger partial charge in [0.15, 0.2) is 0 Å². The van der Waals surface area contributed by atoms with Gasteiger partial charge in [0, 0.05) is 24.8 Å². The fourth-order valence-electron chi connectivity index (χ4n) is 2.83. The van der Waals surface area contributed by atoms with Gasteiger partial charge in [0.05, 0.1) is 5.92 Å². The Morgan fingerprint density at radius 3 is 2.83 bits per heavy atom. The molecule has 0 radical (unpaired) electrons. The summed E-state index contributed by atoms with van der Waals surface area (Å²) in [6.07, 6.45) is 1.59. The normalized spacial score (nSPS) is 17.8. The van der Waals surface area contributed by atoms with Gasteiger partial charge in [0.1, 0.15) is 17.5 Å². The molecule has 2 aromatic rings. The minimum Gasteiger partial charge on any atom is -0.481 e. The Balaban J connectivity index is 1.81. The van der Waals surface area contributed by atoms with E-state index in [-0.39, 0.29) is 5.92 Å². The van der Waals surface area contributed by atoms with Crippen molar-refractivity contribution in [1.29, 1.82) is 0 Å². The largest absolute Gasteiger partial charge is 0.481 e. The molecular weight excluding hydrogens is 292 g/mol. The number of nitrogens with zero attached hydrogens (tertiary/aromatic N) is 3. The van der Waals surface area contributed by atoms with Crippen molar-refractivity contribution in [3.8, 4) is 0 Å². The van der Waals surface area contributed by atoms with Crippen molar-refractivity contribution < 1.29 is 9.90 Å². The van der Waals surface area contributed by atoms with Crippen LogP contribution in [0.5, 0.6) is 0 Å². The summed E-state index contributed by atoms with van der Waals surface area (Å²) >= 11 is 0. The van der Waals surface area contributed by atoms with Gasteiger partial charge < -0.3 is 15.3 Å². The van der Waals surface area contributed by atoms with Crippen LogP contribution < -0.4 is 10.2 Å². The first kappa shape index (κ1) is 15.3. The highest BCUT2D eigenvalue weighted by Gasteiger charge is 2.26. The van der Waals surface area contributed by atoms with Gasteiger partial charge >= 0.3 is 5.97 Å². The predicted octanol–water partition coefficient (Wildman–Crippen LogP) is 2.83. The lowest BCUT2D eigenvalue weighted by atomic mass is 9.98. The van der Waals surface area contributed by atoms with Gasteiger partial charge in [-0.3, -0.25) is 4.79 Å². The summed E-state index contributed by atoms with van der Waals surface area (Å²) in [5.41, 5.74) is 0.957. The Morgan fingerprint density at radius 1 is 1.30 bits per heavy atom. The van der Waals surface area contributed by atoms with Gasteiger partial charge in [-0.15, -0.1) is 0 Å². The number of carboxylic acid groups (broad SMARTS) is 1. The number of para-hydroxylation sites is 1. The molecule has 23 heavy (non-hydrogen) atoms. The van der Waals surface area contributed by atoms with E-state index in [9.17, 15) is 9.90 Å². The summed E-state index contributed by atoms with van der Waals surface area (Å²) in [6.45, 7) is 3.17. The molecule has 0 saturated carbocycles. The number of aromatic nitrogens is 2. The molecule has 1 aromatic heterocycles. The number of benzene rings is 1. The molecule has 6 heteroatoms. The number of aryl methyl sites for hydroxylation is 1. The number of anilines is 3. The molecule has 3 rings (SSSR count).